The highest BCUT2D eigenvalue weighted by molar-refractivity contribution is 4.82. The maximum Gasteiger partial charge on any atom is 0.368 e. The maximum absolute atomic E-state index is 11.6. The van der Waals surface area contributed by atoms with Crippen LogP contribution in [0.2, 0.25) is 0 Å². The first-order valence-electron chi connectivity index (χ1n) is 2.23. The molecule has 0 aromatic carbocycles. The molecule has 0 nitrogen and oxygen atoms in total. The highest BCUT2D eigenvalue weighted by Crippen LogP contribution is 2.38. The molecule has 0 rings (SSSR count). The van der Waals surface area contributed by atoms with Gasteiger partial charge in [0.2, 0.25) is 0 Å². The minimum atomic E-state index is -5.23. The third-order valence-corrected chi connectivity index (χ3v) is 0.859. The molecule has 0 aromatic rings. The summed E-state index contributed by atoms with van der Waals surface area (Å²) < 4.78 is 68.3. The Balaban J connectivity index is 4.40. The van der Waals surface area contributed by atoms with E-state index in [-0.39, 0.29) is 6.92 Å². The monoisotopic (exact) mass is 166 g/mol. The molecule has 0 spiro atoms. The van der Waals surface area contributed by atoms with Crippen molar-refractivity contribution in [2.24, 2.45) is 0 Å². The number of hydrogen-bond donors (Lipinski definition) is 0. The van der Waals surface area contributed by atoms with E-state index in [9.17, 15) is 26.3 Å². The molecule has 0 saturated carbocycles. The molecule has 0 unspecified atom stereocenters. The summed E-state index contributed by atoms with van der Waals surface area (Å²) in [6, 6.07) is 0. The molecule has 0 aliphatic carbocycles. The second kappa shape index (κ2) is 2.32. The smallest absolute Gasteiger partial charge is 0.203 e. The SMILES string of the molecule is CC(F)(F)C(F)(F)C(F)F. The summed E-state index contributed by atoms with van der Waals surface area (Å²) >= 11 is 0. The molecule has 0 aromatic heterocycles. The van der Waals surface area contributed by atoms with Crippen molar-refractivity contribution in [2.45, 2.75) is 25.2 Å². The second-order valence-electron chi connectivity index (χ2n) is 1.81. The fourth-order valence-electron chi connectivity index (χ4n) is 0.192. The van der Waals surface area contributed by atoms with E-state index in [0.717, 1.165) is 0 Å². The zero-order valence-electron chi connectivity index (χ0n) is 4.85. The summed E-state index contributed by atoms with van der Waals surface area (Å²) in [4.78, 5) is 0. The lowest BCUT2D eigenvalue weighted by Gasteiger charge is -2.21. The van der Waals surface area contributed by atoms with Gasteiger partial charge in [0.05, 0.1) is 0 Å². The van der Waals surface area contributed by atoms with E-state index in [4.69, 9.17) is 0 Å². The van der Waals surface area contributed by atoms with Gasteiger partial charge in [0.15, 0.2) is 0 Å². The zero-order chi connectivity index (χ0) is 8.58. The highest BCUT2D eigenvalue weighted by Gasteiger charge is 2.59. The Morgan fingerprint density at radius 3 is 1.30 bits per heavy atom. The average Bonchev–Trinajstić information content (AvgIpc) is 1.62. The Kier molecular flexibility index (Phi) is 2.22. The van der Waals surface area contributed by atoms with Crippen LogP contribution < -0.4 is 0 Å². The predicted octanol–water partition coefficient (Wildman–Crippen LogP) is 2.54. The van der Waals surface area contributed by atoms with Crippen molar-refractivity contribution < 1.29 is 26.3 Å². The molecule has 10 heavy (non-hydrogen) atoms. The summed E-state index contributed by atoms with van der Waals surface area (Å²) in [5.41, 5.74) is 0. The van der Waals surface area contributed by atoms with Gasteiger partial charge in [-0.05, 0) is 0 Å². The first kappa shape index (κ1) is 9.58. The molecular weight excluding hydrogens is 162 g/mol. The maximum atomic E-state index is 11.6. The van der Waals surface area contributed by atoms with Crippen LogP contribution in [0.4, 0.5) is 26.3 Å². The number of hydrogen-bond acceptors (Lipinski definition) is 0. The molecule has 0 aliphatic heterocycles. The van der Waals surface area contributed by atoms with Crippen LogP contribution in [0.25, 0.3) is 0 Å². The molecular formula is C4H4F6. The van der Waals surface area contributed by atoms with Crippen molar-refractivity contribution in [2.75, 3.05) is 0 Å². The lowest BCUT2D eigenvalue weighted by molar-refractivity contribution is -0.255. The highest BCUT2D eigenvalue weighted by atomic mass is 19.3. The van der Waals surface area contributed by atoms with Gasteiger partial charge in [0.1, 0.15) is 0 Å². The Hall–Kier alpha value is -0.420. The van der Waals surface area contributed by atoms with Crippen LogP contribution in [0, 0.1) is 0 Å². The van der Waals surface area contributed by atoms with E-state index < -0.39 is 18.3 Å². The van der Waals surface area contributed by atoms with Crippen LogP contribution in [0.15, 0.2) is 0 Å². The molecule has 0 N–H and O–H groups in total. The zero-order valence-corrected chi connectivity index (χ0v) is 4.85. The average molecular weight is 166 g/mol. The Bertz CT molecular complexity index is 111. The summed E-state index contributed by atoms with van der Waals surface area (Å²) in [5.74, 6) is -9.89. The fraction of sp³-hybridized carbons (Fsp3) is 1.00. The summed E-state index contributed by atoms with van der Waals surface area (Å²) in [6.45, 7) is -0.251. The van der Waals surface area contributed by atoms with E-state index in [0.29, 0.717) is 0 Å². The minimum Gasteiger partial charge on any atom is -0.203 e. The van der Waals surface area contributed by atoms with Gasteiger partial charge in [-0.3, -0.25) is 0 Å². The third-order valence-electron chi connectivity index (χ3n) is 0.859. The standard InChI is InChI=1S/C4H4F6/c1-3(7,8)4(9,10)2(5)6/h2H,1H3. The predicted molar refractivity (Wildman–Crippen MR) is 21.6 cm³/mol. The van der Waals surface area contributed by atoms with Gasteiger partial charge in [-0.15, -0.1) is 0 Å². The Morgan fingerprint density at radius 1 is 1.00 bits per heavy atom. The van der Waals surface area contributed by atoms with E-state index in [2.05, 4.69) is 0 Å². The van der Waals surface area contributed by atoms with Crippen molar-refractivity contribution in [3.05, 3.63) is 0 Å². The first-order valence-corrected chi connectivity index (χ1v) is 2.23. The topological polar surface area (TPSA) is 0 Å². The van der Waals surface area contributed by atoms with Crippen molar-refractivity contribution in [3.63, 3.8) is 0 Å². The van der Waals surface area contributed by atoms with Gasteiger partial charge in [0.25, 0.3) is 0 Å². The normalized spacial score (nSPS) is 14.4. The molecule has 0 aliphatic rings. The van der Waals surface area contributed by atoms with Crippen LogP contribution >= 0.6 is 0 Å². The minimum absolute atomic E-state index is 0.251. The lowest BCUT2D eigenvalue weighted by Crippen LogP contribution is -2.43. The van der Waals surface area contributed by atoms with Crippen LogP contribution in [-0.2, 0) is 0 Å². The summed E-state index contributed by atoms with van der Waals surface area (Å²) in [7, 11) is 0. The van der Waals surface area contributed by atoms with E-state index >= 15 is 0 Å². The van der Waals surface area contributed by atoms with Gasteiger partial charge >= 0.3 is 18.3 Å². The molecule has 0 heterocycles. The second-order valence-corrected chi connectivity index (χ2v) is 1.81. The Labute approximate surface area is 52.8 Å². The molecule has 6 heteroatoms. The van der Waals surface area contributed by atoms with Gasteiger partial charge in [0, 0.05) is 6.92 Å². The van der Waals surface area contributed by atoms with E-state index in [1.54, 1.807) is 0 Å². The van der Waals surface area contributed by atoms with Crippen molar-refractivity contribution in [1.29, 1.82) is 0 Å². The summed E-state index contributed by atoms with van der Waals surface area (Å²) in [6.07, 6.45) is -4.33. The largest absolute Gasteiger partial charge is 0.368 e. The molecule has 0 radical (unpaired) electrons. The quantitative estimate of drug-likeness (QED) is 0.553. The van der Waals surface area contributed by atoms with Gasteiger partial charge < -0.3 is 0 Å². The molecule has 0 saturated heterocycles. The van der Waals surface area contributed by atoms with Crippen LogP contribution in [-0.4, -0.2) is 18.3 Å². The summed E-state index contributed by atoms with van der Waals surface area (Å²) in [5, 5.41) is 0. The molecule has 62 valence electrons. The molecule has 0 atom stereocenters. The van der Waals surface area contributed by atoms with E-state index in [1.165, 1.54) is 0 Å². The molecule has 0 amide bonds. The Morgan fingerprint density at radius 2 is 1.30 bits per heavy atom. The molecule has 0 fully saturated rings. The third kappa shape index (κ3) is 1.54. The van der Waals surface area contributed by atoms with Gasteiger partial charge in [-0.2, -0.15) is 17.6 Å². The van der Waals surface area contributed by atoms with Crippen molar-refractivity contribution >= 4 is 0 Å². The lowest BCUT2D eigenvalue weighted by atomic mass is 10.2. The number of halogens is 6. The first-order chi connectivity index (χ1) is 4.19. The van der Waals surface area contributed by atoms with Crippen LogP contribution in [0.1, 0.15) is 6.92 Å². The van der Waals surface area contributed by atoms with Crippen LogP contribution in [0.3, 0.4) is 0 Å². The van der Waals surface area contributed by atoms with Crippen LogP contribution in [0.5, 0.6) is 0 Å². The molecule has 0 bridgehead atoms. The number of alkyl halides is 6. The van der Waals surface area contributed by atoms with E-state index in [1.807, 2.05) is 0 Å². The number of rotatable bonds is 2. The van der Waals surface area contributed by atoms with Gasteiger partial charge in [-0.1, -0.05) is 0 Å². The van der Waals surface area contributed by atoms with Crippen molar-refractivity contribution in [3.8, 4) is 0 Å². The van der Waals surface area contributed by atoms with Crippen molar-refractivity contribution in [1.82, 2.24) is 0 Å². The van der Waals surface area contributed by atoms with Gasteiger partial charge in [-0.25, -0.2) is 8.78 Å². The fourth-order valence-corrected chi connectivity index (χ4v) is 0.192.